The van der Waals surface area contributed by atoms with Crippen LogP contribution in [0.5, 0.6) is 5.75 Å². The number of halogens is 1. The number of methoxy groups -OCH3 is 1. The molecule has 0 bridgehead atoms. The molecule has 6 nitrogen and oxygen atoms in total. The monoisotopic (exact) mass is 274 g/mol. The Balaban J connectivity index is 2.29. The van der Waals surface area contributed by atoms with E-state index in [-0.39, 0.29) is 0 Å². The Morgan fingerprint density at radius 3 is 2.78 bits per heavy atom. The SMILES string of the molecule is COc1c(Cl)ncnc1NCCOCCN(C)C. The van der Waals surface area contributed by atoms with Gasteiger partial charge in [-0.2, -0.15) is 0 Å². The van der Waals surface area contributed by atoms with Crippen LogP contribution in [0.3, 0.4) is 0 Å². The zero-order valence-electron chi connectivity index (χ0n) is 10.9. The lowest BCUT2D eigenvalue weighted by atomic mass is 10.5. The van der Waals surface area contributed by atoms with Crippen LogP contribution < -0.4 is 10.1 Å². The molecule has 102 valence electrons. The van der Waals surface area contributed by atoms with Gasteiger partial charge in [0.05, 0.1) is 20.3 Å². The summed E-state index contributed by atoms with van der Waals surface area (Å²) in [5, 5.41) is 3.39. The Bertz CT molecular complexity index is 363. The Labute approximate surface area is 112 Å². The van der Waals surface area contributed by atoms with Crippen molar-refractivity contribution in [1.29, 1.82) is 0 Å². The molecule has 0 saturated carbocycles. The van der Waals surface area contributed by atoms with Crippen LogP contribution >= 0.6 is 11.6 Å². The zero-order valence-corrected chi connectivity index (χ0v) is 11.7. The molecule has 18 heavy (non-hydrogen) atoms. The molecular weight excluding hydrogens is 256 g/mol. The minimum Gasteiger partial charge on any atom is -0.490 e. The van der Waals surface area contributed by atoms with Gasteiger partial charge in [-0.1, -0.05) is 11.6 Å². The number of likely N-dealkylation sites (N-methyl/N-ethyl adjacent to an activating group) is 1. The number of aromatic nitrogens is 2. The second-order valence-electron chi connectivity index (χ2n) is 3.89. The number of nitrogens with zero attached hydrogens (tertiary/aromatic N) is 3. The second kappa shape index (κ2) is 8.07. The van der Waals surface area contributed by atoms with Crippen LogP contribution in [0.4, 0.5) is 5.82 Å². The van der Waals surface area contributed by atoms with E-state index in [0.29, 0.717) is 36.5 Å². The van der Waals surface area contributed by atoms with Gasteiger partial charge in [0.1, 0.15) is 6.33 Å². The highest BCUT2D eigenvalue weighted by Crippen LogP contribution is 2.27. The van der Waals surface area contributed by atoms with Crippen molar-refractivity contribution >= 4 is 17.4 Å². The summed E-state index contributed by atoms with van der Waals surface area (Å²) in [5.41, 5.74) is 0. The van der Waals surface area contributed by atoms with Crippen LogP contribution in [0.25, 0.3) is 0 Å². The van der Waals surface area contributed by atoms with Crippen LogP contribution in [0.1, 0.15) is 0 Å². The highest BCUT2D eigenvalue weighted by Gasteiger charge is 2.09. The van der Waals surface area contributed by atoms with Crippen molar-refractivity contribution in [1.82, 2.24) is 14.9 Å². The smallest absolute Gasteiger partial charge is 0.198 e. The van der Waals surface area contributed by atoms with E-state index in [1.54, 1.807) is 0 Å². The second-order valence-corrected chi connectivity index (χ2v) is 4.25. The van der Waals surface area contributed by atoms with Gasteiger partial charge in [-0.15, -0.1) is 0 Å². The molecular formula is C11H19ClN4O2. The fourth-order valence-electron chi connectivity index (χ4n) is 1.25. The maximum Gasteiger partial charge on any atom is 0.198 e. The largest absolute Gasteiger partial charge is 0.490 e. The topological polar surface area (TPSA) is 59.5 Å². The van der Waals surface area contributed by atoms with Gasteiger partial charge in [-0.3, -0.25) is 0 Å². The summed E-state index contributed by atoms with van der Waals surface area (Å²) in [4.78, 5) is 9.97. The first-order valence-electron chi connectivity index (χ1n) is 5.66. The molecule has 0 aliphatic rings. The van der Waals surface area contributed by atoms with E-state index >= 15 is 0 Å². The molecule has 0 fully saturated rings. The summed E-state index contributed by atoms with van der Waals surface area (Å²) in [5.74, 6) is 1.03. The summed E-state index contributed by atoms with van der Waals surface area (Å²) >= 11 is 5.87. The van der Waals surface area contributed by atoms with Crippen LogP contribution in [0.15, 0.2) is 6.33 Å². The van der Waals surface area contributed by atoms with Gasteiger partial charge < -0.3 is 19.7 Å². The Morgan fingerprint density at radius 2 is 2.11 bits per heavy atom. The molecule has 7 heteroatoms. The lowest BCUT2D eigenvalue weighted by Crippen LogP contribution is -2.20. The third-order valence-electron chi connectivity index (χ3n) is 2.19. The quantitative estimate of drug-likeness (QED) is 0.566. The molecule has 0 spiro atoms. The number of hydrogen-bond acceptors (Lipinski definition) is 6. The summed E-state index contributed by atoms with van der Waals surface area (Å²) in [6, 6.07) is 0. The molecule has 0 aliphatic heterocycles. The summed E-state index contributed by atoms with van der Waals surface area (Å²) in [6.07, 6.45) is 1.39. The van der Waals surface area contributed by atoms with E-state index in [9.17, 15) is 0 Å². The van der Waals surface area contributed by atoms with Crippen molar-refractivity contribution in [3.63, 3.8) is 0 Å². The Hall–Kier alpha value is -1.11. The number of hydrogen-bond donors (Lipinski definition) is 1. The molecule has 1 heterocycles. The van der Waals surface area contributed by atoms with Gasteiger partial charge in [0.15, 0.2) is 16.7 Å². The standard InChI is InChI=1S/C11H19ClN4O2/c1-16(2)5-7-18-6-4-13-11-9(17-3)10(12)14-8-15-11/h8H,4-7H2,1-3H3,(H,13,14,15). The molecule has 1 N–H and O–H groups in total. The van der Waals surface area contributed by atoms with E-state index in [2.05, 4.69) is 20.2 Å². The van der Waals surface area contributed by atoms with Crippen molar-refractivity contribution in [2.45, 2.75) is 0 Å². The average Bonchev–Trinajstić information content (AvgIpc) is 2.33. The van der Waals surface area contributed by atoms with Gasteiger partial charge in [0, 0.05) is 13.1 Å². The summed E-state index contributed by atoms with van der Waals surface area (Å²) in [7, 11) is 5.55. The van der Waals surface area contributed by atoms with Crippen LogP contribution in [0, 0.1) is 0 Å². The number of nitrogens with one attached hydrogen (secondary N) is 1. The van der Waals surface area contributed by atoms with Crippen LogP contribution in [-0.2, 0) is 4.74 Å². The molecule has 1 rings (SSSR count). The van der Waals surface area contributed by atoms with E-state index in [4.69, 9.17) is 21.1 Å². The predicted molar refractivity (Wildman–Crippen MR) is 71.5 cm³/mol. The fourth-order valence-corrected chi connectivity index (χ4v) is 1.46. The molecule has 0 radical (unpaired) electrons. The molecule has 0 unspecified atom stereocenters. The number of ether oxygens (including phenoxy) is 2. The Kier molecular flexibility index (Phi) is 6.70. The first kappa shape index (κ1) is 14.9. The molecule has 0 aromatic carbocycles. The lowest BCUT2D eigenvalue weighted by Gasteiger charge is -2.12. The minimum atomic E-state index is 0.295. The van der Waals surface area contributed by atoms with Gasteiger partial charge in [-0.05, 0) is 14.1 Å². The first-order chi connectivity index (χ1) is 8.65. The Morgan fingerprint density at radius 1 is 1.33 bits per heavy atom. The minimum absolute atomic E-state index is 0.295. The highest BCUT2D eigenvalue weighted by atomic mass is 35.5. The summed E-state index contributed by atoms with van der Waals surface area (Å²) < 4.78 is 10.6. The maximum absolute atomic E-state index is 5.87. The van der Waals surface area contributed by atoms with E-state index < -0.39 is 0 Å². The van der Waals surface area contributed by atoms with Crippen molar-refractivity contribution in [3.8, 4) is 5.75 Å². The van der Waals surface area contributed by atoms with E-state index in [1.165, 1.54) is 13.4 Å². The number of rotatable bonds is 8. The van der Waals surface area contributed by atoms with Crippen molar-refractivity contribution in [2.24, 2.45) is 0 Å². The number of anilines is 1. The normalized spacial score (nSPS) is 10.7. The van der Waals surface area contributed by atoms with Crippen molar-refractivity contribution < 1.29 is 9.47 Å². The molecule has 1 aromatic heterocycles. The third kappa shape index (κ3) is 5.03. The van der Waals surface area contributed by atoms with Gasteiger partial charge in [0.2, 0.25) is 0 Å². The molecule has 0 amide bonds. The maximum atomic E-state index is 5.87. The van der Waals surface area contributed by atoms with Gasteiger partial charge >= 0.3 is 0 Å². The van der Waals surface area contributed by atoms with E-state index in [1.807, 2.05) is 14.1 Å². The van der Waals surface area contributed by atoms with E-state index in [0.717, 1.165) is 6.54 Å². The first-order valence-corrected chi connectivity index (χ1v) is 6.03. The van der Waals surface area contributed by atoms with Gasteiger partial charge in [-0.25, -0.2) is 9.97 Å². The van der Waals surface area contributed by atoms with Crippen LogP contribution in [-0.4, -0.2) is 62.4 Å². The summed E-state index contributed by atoms with van der Waals surface area (Å²) in [6.45, 7) is 2.84. The zero-order chi connectivity index (χ0) is 13.4. The predicted octanol–water partition coefficient (Wildman–Crippen LogP) is 1.13. The van der Waals surface area contributed by atoms with Gasteiger partial charge in [0.25, 0.3) is 0 Å². The average molecular weight is 275 g/mol. The molecule has 0 atom stereocenters. The fraction of sp³-hybridized carbons (Fsp3) is 0.636. The molecule has 0 aliphatic carbocycles. The molecule has 1 aromatic rings. The van der Waals surface area contributed by atoms with Crippen molar-refractivity contribution in [2.75, 3.05) is 52.8 Å². The lowest BCUT2D eigenvalue weighted by molar-refractivity contribution is 0.126. The molecule has 0 saturated heterocycles. The van der Waals surface area contributed by atoms with Crippen molar-refractivity contribution in [3.05, 3.63) is 11.5 Å². The third-order valence-corrected chi connectivity index (χ3v) is 2.46. The highest BCUT2D eigenvalue weighted by molar-refractivity contribution is 6.31. The van der Waals surface area contributed by atoms with Crippen LogP contribution in [0.2, 0.25) is 5.15 Å².